The predicted molar refractivity (Wildman–Crippen MR) is 128 cm³/mol. The molecule has 6 N–H and O–H groups in total. The molecular weight excluding hydrogens is 444 g/mol. The van der Waals surface area contributed by atoms with Crippen molar-refractivity contribution >= 4 is 35.9 Å². The summed E-state index contributed by atoms with van der Waals surface area (Å²) in [6.45, 7) is 0.372. The SMILES string of the molecule is Cl.NCc1ccc(C(=O)N[C@@H](Cc2ccccc2)C(=O)ONc2ccc(C(N)=O)cc2)cc1. The molecule has 0 spiro atoms. The van der Waals surface area contributed by atoms with Crippen LogP contribution < -0.4 is 22.3 Å². The lowest BCUT2D eigenvalue weighted by Crippen LogP contribution is -2.44. The molecule has 0 radical (unpaired) electrons. The van der Waals surface area contributed by atoms with Crippen LogP contribution in [0.2, 0.25) is 0 Å². The van der Waals surface area contributed by atoms with Crippen LogP contribution in [0, 0.1) is 0 Å². The van der Waals surface area contributed by atoms with Crippen molar-refractivity contribution in [1.29, 1.82) is 0 Å². The Labute approximate surface area is 197 Å². The highest BCUT2D eigenvalue weighted by Gasteiger charge is 2.24. The number of rotatable bonds is 9. The van der Waals surface area contributed by atoms with Crippen molar-refractivity contribution in [2.75, 3.05) is 5.48 Å². The number of primary amides is 1. The summed E-state index contributed by atoms with van der Waals surface area (Å²) in [7, 11) is 0. The van der Waals surface area contributed by atoms with Gasteiger partial charge in [0.05, 0.1) is 5.69 Å². The van der Waals surface area contributed by atoms with E-state index in [1.165, 1.54) is 12.1 Å². The first-order valence-corrected chi connectivity index (χ1v) is 9.96. The average molecular weight is 469 g/mol. The van der Waals surface area contributed by atoms with E-state index in [9.17, 15) is 14.4 Å². The first kappa shape index (κ1) is 25.4. The van der Waals surface area contributed by atoms with Crippen LogP contribution in [-0.4, -0.2) is 23.8 Å². The Hall–Kier alpha value is -3.88. The fourth-order valence-electron chi connectivity index (χ4n) is 2.96. The summed E-state index contributed by atoms with van der Waals surface area (Å²) in [6, 6.07) is 21.3. The van der Waals surface area contributed by atoms with Crippen LogP contribution in [0.1, 0.15) is 31.8 Å². The van der Waals surface area contributed by atoms with Gasteiger partial charge >= 0.3 is 5.97 Å². The zero-order chi connectivity index (χ0) is 22.9. The molecule has 8 nitrogen and oxygen atoms in total. The third kappa shape index (κ3) is 7.34. The van der Waals surface area contributed by atoms with Crippen LogP contribution in [0.3, 0.4) is 0 Å². The number of benzene rings is 3. The molecule has 0 aliphatic carbocycles. The van der Waals surface area contributed by atoms with Gasteiger partial charge in [-0.25, -0.2) is 10.3 Å². The molecule has 9 heteroatoms. The number of nitrogens with two attached hydrogens (primary N) is 2. The maximum Gasteiger partial charge on any atom is 0.354 e. The first-order valence-electron chi connectivity index (χ1n) is 9.96. The molecule has 0 saturated heterocycles. The molecule has 0 unspecified atom stereocenters. The summed E-state index contributed by atoms with van der Waals surface area (Å²) in [5, 5.41) is 2.73. The minimum absolute atomic E-state index is 0. The Bertz CT molecular complexity index is 1070. The number of hydrogen-bond donors (Lipinski definition) is 4. The number of halogens is 1. The van der Waals surface area contributed by atoms with Crippen LogP contribution in [0.25, 0.3) is 0 Å². The Morgan fingerprint density at radius 2 is 1.42 bits per heavy atom. The molecule has 3 aromatic carbocycles. The van der Waals surface area contributed by atoms with Crippen molar-refractivity contribution < 1.29 is 19.2 Å². The van der Waals surface area contributed by atoms with Crippen molar-refractivity contribution in [3.8, 4) is 0 Å². The van der Waals surface area contributed by atoms with E-state index in [0.29, 0.717) is 23.4 Å². The summed E-state index contributed by atoms with van der Waals surface area (Å²) >= 11 is 0. The van der Waals surface area contributed by atoms with Gasteiger partial charge < -0.3 is 21.6 Å². The molecule has 172 valence electrons. The van der Waals surface area contributed by atoms with Crippen LogP contribution in [0.15, 0.2) is 78.9 Å². The Morgan fingerprint density at radius 3 is 2.00 bits per heavy atom. The predicted octanol–water partition coefficient (Wildman–Crippen LogP) is 2.58. The maximum atomic E-state index is 12.8. The molecule has 0 aliphatic heterocycles. The third-order valence-electron chi connectivity index (χ3n) is 4.76. The van der Waals surface area contributed by atoms with Crippen molar-refractivity contribution in [3.63, 3.8) is 0 Å². The minimum atomic E-state index is -0.934. The summed E-state index contributed by atoms with van der Waals surface area (Å²) in [6.07, 6.45) is 0.245. The number of amides is 2. The van der Waals surface area contributed by atoms with Gasteiger partial charge in [0.2, 0.25) is 5.91 Å². The largest absolute Gasteiger partial charge is 0.366 e. The molecule has 1 atom stereocenters. The van der Waals surface area contributed by atoms with Crippen molar-refractivity contribution in [3.05, 3.63) is 101 Å². The molecule has 3 aromatic rings. The van der Waals surface area contributed by atoms with Gasteiger partial charge in [0.15, 0.2) is 0 Å². The van der Waals surface area contributed by atoms with Gasteiger partial charge in [0, 0.05) is 24.1 Å². The molecule has 3 rings (SSSR count). The molecule has 0 bridgehead atoms. The molecule has 0 saturated carbocycles. The highest BCUT2D eigenvalue weighted by atomic mass is 35.5. The average Bonchev–Trinajstić information content (AvgIpc) is 2.83. The van der Waals surface area contributed by atoms with E-state index >= 15 is 0 Å². The number of carbonyl (C=O) groups is 3. The molecule has 0 fully saturated rings. The van der Waals surface area contributed by atoms with Crippen LogP contribution in [0.5, 0.6) is 0 Å². The second-order valence-electron chi connectivity index (χ2n) is 7.08. The van der Waals surface area contributed by atoms with E-state index in [-0.39, 0.29) is 18.8 Å². The minimum Gasteiger partial charge on any atom is -0.366 e. The lowest BCUT2D eigenvalue weighted by Gasteiger charge is -2.18. The Morgan fingerprint density at radius 1 is 0.818 bits per heavy atom. The Kier molecular flexibility index (Phi) is 9.41. The van der Waals surface area contributed by atoms with E-state index in [4.69, 9.17) is 16.3 Å². The quantitative estimate of drug-likeness (QED) is 0.356. The third-order valence-corrected chi connectivity index (χ3v) is 4.76. The second kappa shape index (κ2) is 12.2. The van der Waals surface area contributed by atoms with Gasteiger partial charge in [-0.2, -0.15) is 0 Å². The van der Waals surface area contributed by atoms with Gasteiger partial charge in [-0.05, 0) is 47.5 Å². The topological polar surface area (TPSA) is 137 Å². The maximum absolute atomic E-state index is 12.8. The number of nitrogens with one attached hydrogen (secondary N) is 2. The zero-order valence-corrected chi connectivity index (χ0v) is 18.5. The fourth-order valence-corrected chi connectivity index (χ4v) is 2.96. The van der Waals surface area contributed by atoms with Crippen molar-refractivity contribution in [2.24, 2.45) is 11.5 Å². The summed E-state index contributed by atoms with van der Waals surface area (Å²) in [5.41, 5.74) is 16.3. The van der Waals surface area contributed by atoms with Crippen LogP contribution in [0.4, 0.5) is 5.69 Å². The molecule has 33 heavy (non-hydrogen) atoms. The lowest BCUT2D eigenvalue weighted by molar-refractivity contribution is -0.142. The zero-order valence-electron chi connectivity index (χ0n) is 17.7. The van der Waals surface area contributed by atoms with Crippen molar-refractivity contribution in [2.45, 2.75) is 19.0 Å². The van der Waals surface area contributed by atoms with E-state index in [1.807, 2.05) is 30.3 Å². The lowest BCUT2D eigenvalue weighted by atomic mass is 10.1. The van der Waals surface area contributed by atoms with Crippen LogP contribution >= 0.6 is 12.4 Å². The fraction of sp³-hybridized carbons (Fsp3) is 0.125. The van der Waals surface area contributed by atoms with E-state index in [0.717, 1.165) is 11.1 Å². The van der Waals surface area contributed by atoms with E-state index in [2.05, 4.69) is 10.8 Å². The normalized spacial score (nSPS) is 10.9. The summed E-state index contributed by atoms with van der Waals surface area (Å²) in [5.74, 6) is -1.63. The summed E-state index contributed by atoms with van der Waals surface area (Å²) in [4.78, 5) is 41.9. The van der Waals surface area contributed by atoms with Gasteiger partial charge in [0.25, 0.3) is 5.91 Å². The second-order valence-corrected chi connectivity index (χ2v) is 7.08. The van der Waals surface area contributed by atoms with E-state index < -0.39 is 23.8 Å². The molecular formula is C24H25ClN4O4. The highest BCUT2D eigenvalue weighted by Crippen LogP contribution is 2.11. The molecule has 0 aromatic heterocycles. The number of hydrogen-bond acceptors (Lipinski definition) is 6. The smallest absolute Gasteiger partial charge is 0.354 e. The highest BCUT2D eigenvalue weighted by molar-refractivity contribution is 5.97. The van der Waals surface area contributed by atoms with Gasteiger partial charge in [0.1, 0.15) is 6.04 Å². The van der Waals surface area contributed by atoms with Crippen LogP contribution in [-0.2, 0) is 22.6 Å². The molecule has 0 aliphatic rings. The number of carbonyl (C=O) groups excluding carboxylic acids is 3. The van der Waals surface area contributed by atoms with Gasteiger partial charge in [-0.15, -0.1) is 12.4 Å². The molecule has 0 heterocycles. The first-order chi connectivity index (χ1) is 15.5. The molecule has 2 amide bonds. The standard InChI is InChI=1S/C24H24N4O4.ClH/c25-15-17-6-8-19(9-7-17)23(30)27-21(14-16-4-2-1-3-5-16)24(31)32-28-20-12-10-18(11-13-20)22(26)29;/h1-13,21,28H,14-15,25H2,(H2,26,29)(H,27,30);1H/t21-;/m0./s1. The van der Waals surface area contributed by atoms with Gasteiger partial charge in [-0.1, -0.05) is 42.5 Å². The monoisotopic (exact) mass is 468 g/mol. The Balaban J connectivity index is 0.00000385. The van der Waals surface area contributed by atoms with Crippen molar-refractivity contribution in [1.82, 2.24) is 5.32 Å². The van der Waals surface area contributed by atoms with E-state index in [1.54, 1.807) is 36.4 Å². The summed E-state index contributed by atoms with van der Waals surface area (Å²) < 4.78 is 0. The number of anilines is 1. The van der Waals surface area contributed by atoms with Gasteiger partial charge in [-0.3, -0.25) is 9.59 Å².